The van der Waals surface area contributed by atoms with Gasteiger partial charge in [-0.2, -0.15) is 0 Å². The molecule has 0 amide bonds. The van der Waals surface area contributed by atoms with Gasteiger partial charge in [-0.1, -0.05) is 78.2 Å². The first kappa shape index (κ1) is 20.7. The van der Waals surface area contributed by atoms with Crippen molar-refractivity contribution in [2.75, 3.05) is 0 Å². The molecular weight excluding hydrogens is 336 g/mol. The van der Waals surface area contributed by atoms with Crippen LogP contribution in [0.1, 0.15) is 99.3 Å². The largest absolute Gasteiger partial charge is 0.0852 e. The summed E-state index contributed by atoms with van der Waals surface area (Å²) in [7, 11) is 0. The van der Waals surface area contributed by atoms with Crippen LogP contribution in [-0.4, -0.2) is 0 Å². The first-order valence-corrected chi connectivity index (χ1v) is 12.7. The second kappa shape index (κ2) is 7.63. The van der Waals surface area contributed by atoms with Crippen molar-refractivity contribution in [3.63, 3.8) is 0 Å². The molecule has 0 saturated heterocycles. The normalized spacial score (nSPS) is 45.3. The van der Waals surface area contributed by atoms with Crippen molar-refractivity contribution < 1.29 is 0 Å². The van der Waals surface area contributed by atoms with Crippen molar-refractivity contribution >= 4 is 0 Å². The highest BCUT2D eigenvalue weighted by Gasteiger charge is 2.57. The Hall–Kier alpha value is -0.520. The summed E-state index contributed by atoms with van der Waals surface area (Å²) in [5.74, 6) is 5.84. The third-order valence-electron chi connectivity index (χ3n) is 10.5. The lowest BCUT2D eigenvalue weighted by Gasteiger charge is -2.57. The fraction of sp³-hybridized carbons (Fsp3) is 0.857. The topological polar surface area (TPSA) is 0 Å². The molecular formula is C28H46. The Labute approximate surface area is 175 Å². The zero-order chi connectivity index (χ0) is 20.1. The van der Waals surface area contributed by atoms with Gasteiger partial charge in [0.25, 0.3) is 0 Å². The fourth-order valence-electron chi connectivity index (χ4n) is 8.16. The average Bonchev–Trinajstić information content (AvgIpc) is 3.02. The van der Waals surface area contributed by atoms with E-state index in [1.807, 2.05) is 5.57 Å². The molecule has 0 bridgehead atoms. The van der Waals surface area contributed by atoms with Crippen molar-refractivity contribution in [2.24, 2.45) is 52.3 Å². The SMILES string of the molecule is CC(C)[C@@H](C)/C=C/[C@@H](C)[C@@H]1CC[C@@H]2C3=CC[C@H]4CCCC[C@]4(C)[C@H]3CC[C@]21C. The molecule has 0 aromatic rings. The lowest BCUT2D eigenvalue weighted by atomic mass is 9.48. The Morgan fingerprint density at radius 3 is 2.36 bits per heavy atom. The Balaban J connectivity index is 1.54. The summed E-state index contributed by atoms with van der Waals surface area (Å²) < 4.78 is 0. The van der Waals surface area contributed by atoms with E-state index >= 15 is 0 Å². The van der Waals surface area contributed by atoms with Gasteiger partial charge in [0.1, 0.15) is 0 Å². The van der Waals surface area contributed by atoms with Crippen molar-refractivity contribution in [1.82, 2.24) is 0 Å². The molecule has 8 atom stereocenters. The van der Waals surface area contributed by atoms with E-state index in [9.17, 15) is 0 Å². The van der Waals surface area contributed by atoms with E-state index in [2.05, 4.69) is 59.8 Å². The maximum Gasteiger partial charge on any atom is -0.0143 e. The van der Waals surface area contributed by atoms with E-state index in [0.29, 0.717) is 16.7 Å². The standard InChI is InChI=1S/C28H46/c1-19(2)20(3)10-11-21(4)24-14-15-25-23-13-12-22-9-7-8-17-27(22,5)26(23)16-18-28(24,25)6/h10-11,13,19-22,24-26H,7-9,12,14-18H2,1-6H3/b11-10+/t20-,21+,22+,24-,25+,26-,27-,28-/m0/s1. The minimum Gasteiger partial charge on any atom is -0.0852 e. The van der Waals surface area contributed by atoms with Crippen LogP contribution in [0.25, 0.3) is 0 Å². The summed E-state index contributed by atoms with van der Waals surface area (Å²) >= 11 is 0. The smallest absolute Gasteiger partial charge is 0.0143 e. The number of fused-ring (bicyclic) bond motifs is 5. The summed E-state index contributed by atoms with van der Waals surface area (Å²) in [5, 5.41) is 0. The predicted molar refractivity (Wildman–Crippen MR) is 122 cm³/mol. The molecule has 0 aliphatic heterocycles. The summed E-state index contributed by atoms with van der Waals surface area (Å²) in [6.45, 7) is 15.0. The van der Waals surface area contributed by atoms with E-state index < -0.39 is 0 Å². The number of hydrogen-bond acceptors (Lipinski definition) is 0. The van der Waals surface area contributed by atoms with Gasteiger partial charge in [-0.15, -0.1) is 0 Å². The average molecular weight is 383 g/mol. The third kappa shape index (κ3) is 3.26. The highest BCUT2D eigenvalue weighted by molar-refractivity contribution is 5.27. The molecule has 4 rings (SSSR count). The molecule has 4 aliphatic carbocycles. The van der Waals surface area contributed by atoms with Crippen molar-refractivity contribution in [3.8, 4) is 0 Å². The maximum atomic E-state index is 2.77. The highest BCUT2D eigenvalue weighted by atomic mass is 14.6. The molecule has 158 valence electrons. The first-order valence-electron chi connectivity index (χ1n) is 12.7. The molecule has 4 aliphatic rings. The molecule has 0 N–H and O–H groups in total. The first-order chi connectivity index (χ1) is 13.3. The van der Waals surface area contributed by atoms with Crippen molar-refractivity contribution in [3.05, 3.63) is 23.8 Å². The molecule has 0 nitrogen and oxygen atoms in total. The molecule has 0 unspecified atom stereocenters. The quantitative estimate of drug-likeness (QED) is 0.428. The van der Waals surface area contributed by atoms with Crippen LogP contribution in [0, 0.1) is 52.3 Å². The van der Waals surface area contributed by atoms with Crippen molar-refractivity contribution in [1.29, 1.82) is 0 Å². The van der Waals surface area contributed by atoms with Gasteiger partial charge < -0.3 is 0 Å². The van der Waals surface area contributed by atoms with Gasteiger partial charge in [-0.25, -0.2) is 0 Å². The van der Waals surface area contributed by atoms with E-state index in [4.69, 9.17) is 0 Å². The van der Waals surface area contributed by atoms with Gasteiger partial charge in [0.05, 0.1) is 0 Å². The molecule has 0 aromatic heterocycles. The van der Waals surface area contributed by atoms with Gasteiger partial charge in [-0.3, -0.25) is 0 Å². The minimum atomic E-state index is 0.547. The Bertz CT molecular complexity index is 624. The molecule has 28 heavy (non-hydrogen) atoms. The fourth-order valence-corrected chi connectivity index (χ4v) is 8.16. The van der Waals surface area contributed by atoms with E-state index in [-0.39, 0.29) is 0 Å². The molecule has 0 heteroatoms. The van der Waals surface area contributed by atoms with Crippen LogP contribution < -0.4 is 0 Å². The zero-order valence-corrected chi connectivity index (χ0v) is 19.6. The van der Waals surface area contributed by atoms with Crippen LogP contribution >= 0.6 is 0 Å². The molecule has 0 heterocycles. The number of hydrogen-bond donors (Lipinski definition) is 0. The zero-order valence-electron chi connectivity index (χ0n) is 19.6. The third-order valence-corrected chi connectivity index (χ3v) is 10.5. The van der Waals surface area contributed by atoms with Crippen LogP contribution in [0.15, 0.2) is 23.8 Å². The van der Waals surface area contributed by atoms with E-state index in [0.717, 1.165) is 35.5 Å². The van der Waals surface area contributed by atoms with Crippen LogP contribution in [0.3, 0.4) is 0 Å². The Morgan fingerprint density at radius 2 is 1.61 bits per heavy atom. The Kier molecular flexibility index (Phi) is 5.65. The summed E-state index contributed by atoms with van der Waals surface area (Å²) in [5.41, 5.74) is 3.11. The van der Waals surface area contributed by atoms with E-state index in [1.165, 1.54) is 57.8 Å². The second-order valence-electron chi connectivity index (χ2n) is 12.1. The Morgan fingerprint density at radius 1 is 0.857 bits per heavy atom. The van der Waals surface area contributed by atoms with Gasteiger partial charge in [-0.05, 0) is 97.2 Å². The van der Waals surface area contributed by atoms with Crippen LogP contribution in [0.2, 0.25) is 0 Å². The lowest BCUT2D eigenvalue weighted by Crippen LogP contribution is -2.48. The lowest BCUT2D eigenvalue weighted by molar-refractivity contribution is -0.00481. The van der Waals surface area contributed by atoms with Crippen LogP contribution in [0.5, 0.6) is 0 Å². The number of rotatable bonds is 4. The highest BCUT2D eigenvalue weighted by Crippen LogP contribution is 2.66. The molecule has 3 saturated carbocycles. The van der Waals surface area contributed by atoms with E-state index in [1.54, 1.807) is 0 Å². The maximum absolute atomic E-state index is 2.77. The minimum absolute atomic E-state index is 0.547. The van der Waals surface area contributed by atoms with Gasteiger partial charge >= 0.3 is 0 Å². The molecule has 0 spiro atoms. The van der Waals surface area contributed by atoms with Gasteiger partial charge in [0.2, 0.25) is 0 Å². The molecule has 3 fully saturated rings. The van der Waals surface area contributed by atoms with Crippen LogP contribution in [-0.2, 0) is 0 Å². The van der Waals surface area contributed by atoms with Crippen LogP contribution in [0.4, 0.5) is 0 Å². The summed E-state index contributed by atoms with van der Waals surface area (Å²) in [6.07, 6.45) is 21.1. The number of allylic oxidation sites excluding steroid dienone is 4. The summed E-state index contributed by atoms with van der Waals surface area (Å²) in [6, 6.07) is 0. The monoisotopic (exact) mass is 382 g/mol. The summed E-state index contributed by atoms with van der Waals surface area (Å²) in [4.78, 5) is 0. The van der Waals surface area contributed by atoms with Gasteiger partial charge in [0.15, 0.2) is 0 Å². The van der Waals surface area contributed by atoms with Crippen molar-refractivity contribution in [2.45, 2.75) is 99.3 Å². The predicted octanol–water partition coefficient (Wildman–Crippen LogP) is 8.44. The molecule has 0 radical (unpaired) electrons. The second-order valence-corrected chi connectivity index (χ2v) is 12.1. The van der Waals surface area contributed by atoms with Gasteiger partial charge in [0, 0.05) is 0 Å². The molecule has 0 aromatic carbocycles.